The Morgan fingerprint density at radius 3 is 2.75 bits per heavy atom. The summed E-state index contributed by atoms with van der Waals surface area (Å²) >= 11 is 3.47. The molecule has 88 valence electrons. The molecule has 0 saturated heterocycles. The van der Waals surface area contributed by atoms with Crippen molar-refractivity contribution in [2.45, 2.75) is 19.9 Å². The number of halogens is 1. The Morgan fingerprint density at radius 2 is 2.19 bits per heavy atom. The lowest BCUT2D eigenvalue weighted by Gasteiger charge is -2.14. The molecule has 1 atom stereocenters. The summed E-state index contributed by atoms with van der Waals surface area (Å²) in [5.74, 6) is 0.000633. The summed E-state index contributed by atoms with van der Waals surface area (Å²) in [5.41, 5.74) is 2.38. The van der Waals surface area contributed by atoms with E-state index >= 15 is 0 Å². The van der Waals surface area contributed by atoms with Crippen LogP contribution in [0.5, 0.6) is 0 Å². The molecule has 0 fully saturated rings. The lowest BCUT2D eigenvalue weighted by atomic mass is 10.1. The summed E-state index contributed by atoms with van der Waals surface area (Å²) in [5, 5.41) is 5.75. The first-order valence-corrected chi connectivity index (χ1v) is 6.04. The summed E-state index contributed by atoms with van der Waals surface area (Å²) in [6, 6.07) is 6.37. The van der Waals surface area contributed by atoms with Gasteiger partial charge in [-0.1, -0.05) is 28.1 Å². The van der Waals surface area contributed by atoms with Gasteiger partial charge in [0.15, 0.2) is 0 Å². The van der Waals surface area contributed by atoms with Crippen LogP contribution in [0.4, 0.5) is 0 Å². The molecule has 0 radical (unpaired) electrons. The molecule has 2 N–H and O–H groups in total. The van der Waals surface area contributed by atoms with Crippen LogP contribution >= 0.6 is 15.9 Å². The Morgan fingerprint density at radius 1 is 1.50 bits per heavy atom. The Labute approximate surface area is 105 Å². The zero-order valence-corrected chi connectivity index (χ0v) is 11.4. The average Bonchev–Trinajstić information content (AvgIpc) is 2.29. The van der Waals surface area contributed by atoms with Crippen molar-refractivity contribution in [2.24, 2.45) is 0 Å². The monoisotopic (exact) mass is 284 g/mol. The van der Waals surface area contributed by atoms with Gasteiger partial charge in [0.05, 0.1) is 6.54 Å². The summed E-state index contributed by atoms with van der Waals surface area (Å²) in [6.45, 7) is 4.44. The maximum absolute atomic E-state index is 11.1. The number of amides is 1. The minimum atomic E-state index is 0.000633. The van der Waals surface area contributed by atoms with E-state index in [9.17, 15) is 4.79 Å². The first kappa shape index (κ1) is 13.2. The molecule has 0 aliphatic carbocycles. The van der Waals surface area contributed by atoms with Crippen LogP contribution in [0.15, 0.2) is 22.7 Å². The maximum atomic E-state index is 11.1. The van der Waals surface area contributed by atoms with Crippen LogP contribution in [0.25, 0.3) is 0 Å². The molecule has 4 heteroatoms. The van der Waals surface area contributed by atoms with Crippen LogP contribution in [0.1, 0.15) is 24.1 Å². The van der Waals surface area contributed by atoms with Gasteiger partial charge in [-0.2, -0.15) is 0 Å². The van der Waals surface area contributed by atoms with E-state index < -0.39 is 0 Å². The fraction of sp³-hybridized carbons (Fsp3) is 0.417. The fourth-order valence-electron chi connectivity index (χ4n) is 1.39. The van der Waals surface area contributed by atoms with Crippen molar-refractivity contribution in [3.63, 3.8) is 0 Å². The molecule has 1 aromatic rings. The first-order chi connectivity index (χ1) is 7.54. The van der Waals surface area contributed by atoms with Crippen molar-refractivity contribution < 1.29 is 4.79 Å². The van der Waals surface area contributed by atoms with Crippen LogP contribution in [0.2, 0.25) is 0 Å². The average molecular weight is 285 g/mol. The Hall–Kier alpha value is -0.870. The van der Waals surface area contributed by atoms with Crippen LogP contribution in [0.3, 0.4) is 0 Å². The molecule has 0 spiro atoms. The highest BCUT2D eigenvalue weighted by atomic mass is 79.9. The van der Waals surface area contributed by atoms with Gasteiger partial charge in [-0.3, -0.25) is 4.79 Å². The van der Waals surface area contributed by atoms with Crippen molar-refractivity contribution in [1.82, 2.24) is 10.6 Å². The highest BCUT2D eigenvalue weighted by Crippen LogP contribution is 2.20. The molecule has 0 heterocycles. The number of carbonyl (C=O) groups excluding carboxylic acids is 1. The number of hydrogen-bond acceptors (Lipinski definition) is 2. The molecule has 0 aliphatic heterocycles. The predicted octanol–water partition coefficient (Wildman–Crippen LogP) is 2.15. The van der Waals surface area contributed by atoms with Gasteiger partial charge in [0, 0.05) is 17.6 Å². The minimum Gasteiger partial charge on any atom is -0.358 e. The molecule has 3 nitrogen and oxygen atoms in total. The minimum absolute atomic E-state index is 0.000633. The molecule has 1 amide bonds. The van der Waals surface area contributed by atoms with Gasteiger partial charge in [0.1, 0.15) is 0 Å². The zero-order chi connectivity index (χ0) is 12.1. The zero-order valence-electron chi connectivity index (χ0n) is 9.80. The molecule has 1 rings (SSSR count). The van der Waals surface area contributed by atoms with E-state index in [1.54, 1.807) is 7.05 Å². The third-order valence-corrected chi connectivity index (χ3v) is 3.42. The van der Waals surface area contributed by atoms with Gasteiger partial charge in [-0.25, -0.2) is 0 Å². The molecule has 0 aromatic heterocycles. The second-order valence-electron chi connectivity index (χ2n) is 3.78. The molecule has 16 heavy (non-hydrogen) atoms. The third-order valence-electron chi connectivity index (χ3n) is 2.53. The van der Waals surface area contributed by atoms with Gasteiger partial charge in [0.25, 0.3) is 0 Å². The van der Waals surface area contributed by atoms with Crippen molar-refractivity contribution in [1.29, 1.82) is 0 Å². The van der Waals surface area contributed by atoms with E-state index in [1.807, 2.05) is 13.0 Å². The standard InChI is InChI=1S/C12H17BrN2O/c1-8-6-10(4-5-11(8)13)9(2)15-7-12(16)14-3/h4-6,9,15H,7H2,1-3H3,(H,14,16). The van der Waals surface area contributed by atoms with Crippen LogP contribution in [0, 0.1) is 6.92 Å². The SMILES string of the molecule is CNC(=O)CNC(C)c1ccc(Br)c(C)c1. The predicted molar refractivity (Wildman–Crippen MR) is 69.4 cm³/mol. The quantitative estimate of drug-likeness (QED) is 0.890. The second kappa shape index (κ2) is 6.01. The Balaban J connectivity index is 2.62. The lowest BCUT2D eigenvalue weighted by Crippen LogP contribution is -2.32. The van der Waals surface area contributed by atoms with E-state index in [1.165, 1.54) is 11.1 Å². The number of benzene rings is 1. The third kappa shape index (κ3) is 3.61. The molecule has 1 aromatic carbocycles. The lowest BCUT2D eigenvalue weighted by molar-refractivity contribution is -0.119. The van der Waals surface area contributed by atoms with E-state index in [2.05, 4.69) is 45.6 Å². The van der Waals surface area contributed by atoms with Crippen molar-refractivity contribution in [2.75, 3.05) is 13.6 Å². The summed E-state index contributed by atoms with van der Waals surface area (Å²) in [6.07, 6.45) is 0. The van der Waals surface area contributed by atoms with E-state index in [-0.39, 0.29) is 11.9 Å². The van der Waals surface area contributed by atoms with Gasteiger partial charge >= 0.3 is 0 Å². The number of hydrogen-bond donors (Lipinski definition) is 2. The van der Waals surface area contributed by atoms with Crippen molar-refractivity contribution in [3.8, 4) is 0 Å². The van der Waals surface area contributed by atoms with Crippen LogP contribution in [-0.2, 0) is 4.79 Å². The normalized spacial score (nSPS) is 12.2. The van der Waals surface area contributed by atoms with Gasteiger partial charge in [-0.05, 0) is 31.0 Å². The number of nitrogens with one attached hydrogen (secondary N) is 2. The number of rotatable bonds is 4. The maximum Gasteiger partial charge on any atom is 0.233 e. The molecule has 0 aliphatic rings. The molecule has 0 bridgehead atoms. The van der Waals surface area contributed by atoms with Crippen molar-refractivity contribution in [3.05, 3.63) is 33.8 Å². The van der Waals surface area contributed by atoms with E-state index in [0.717, 1.165) is 4.47 Å². The Kier molecular flexibility index (Phi) is 4.96. The molecule has 1 unspecified atom stereocenters. The molecule has 0 saturated carbocycles. The smallest absolute Gasteiger partial charge is 0.233 e. The Bertz CT molecular complexity index is 379. The summed E-state index contributed by atoms with van der Waals surface area (Å²) in [7, 11) is 1.64. The van der Waals surface area contributed by atoms with E-state index in [0.29, 0.717) is 6.54 Å². The summed E-state index contributed by atoms with van der Waals surface area (Å²) in [4.78, 5) is 11.1. The highest BCUT2D eigenvalue weighted by Gasteiger charge is 2.07. The van der Waals surface area contributed by atoms with Crippen LogP contribution < -0.4 is 10.6 Å². The number of carbonyl (C=O) groups is 1. The largest absolute Gasteiger partial charge is 0.358 e. The second-order valence-corrected chi connectivity index (χ2v) is 4.64. The van der Waals surface area contributed by atoms with Gasteiger partial charge in [-0.15, -0.1) is 0 Å². The van der Waals surface area contributed by atoms with E-state index in [4.69, 9.17) is 0 Å². The topological polar surface area (TPSA) is 41.1 Å². The van der Waals surface area contributed by atoms with Crippen LogP contribution in [-0.4, -0.2) is 19.5 Å². The molecular weight excluding hydrogens is 268 g/mol. The van der Waals surface area contributed by atoms with Gasteiger partial charge < -0.3 is 10.6 Å². The van der Waals surface area contributed by atoms with Gasteiger partial charge in [0.2, 0.25) is 5.91 Å². The summed E-state index contributed by atoms with van der Waals surface area (Å²) < 4.78 is 1.11. The number of aryl methyl sites for hydroxylation is 1. The molecular formula is C12H17BrN2O. The van der Waals surface area contributed by atoms with Crippen molar-refractivity contribution >= 4 is 21.8 Å². The highest BCUT2D eigenvalue weighted by molar-refractivity contribution is 9.10. The number of likely N-dealkylation sites (N-methyl/N-ethyl adjacent to an activating group) is 1. The first-order valence-electron chi connectivity index (χ1n) is 5.24. The fourth-order valence-corrected chi connectivity index (χ4v) is 1.64.